The fourth-order valence-corrected chi connectivity index (χ4v) is 0. The molecule has 0 radical (unpaired) electrons. The van der Waals surface area contributed by atoms with Crippen LogP contribution in [-0.4, -0.2) is 74.6 Å². The van der Waals surface area contributed by atoms with E-state index in [2.05, 4.69) is 0 Å². The highest BCUT2D eigenvalue weighted by atomic mass is 24.3. The van der Waals surface area contributed by atoms with Crippen molar-refractivity contribution < 1.29 is 5.48 Å². The topological polar surface area (TPSA) is 31.5 Å². The molecule has 0 rings (SSSR count). The van der Waals surface area contributed by atoms with Crippen LogP contribution in [0.25, 0.3) is 0 Å². The van der Waals surface area contributed by atoms with Gasteiger partial charge in [-0.2, -0.15) is 0 Å². The summed E-state index contributed by atoms with van der Waals surface area (Å²) in [5.74, 6) is 0. The second-order valence-electron chi connectivity index (χ2n) is 0. The quantitative estimate of drug-likeness (QED) is 0.280. The van der Waals surface area contributed by atoms with Gasteiger partial charge in [-0.15, -0.1) is 0 Å². The van der Waals surface area contributed by atoms with E-state index in [0.29, 0.717) is 0 Å². The van der Waals surface area contributed by atoms with Crippen molar-refractivity contribution in [1.82, 2.24) is 0 Å². The highest BCUT2D eigenvalue weighted by Gasteiger charge is 0.318. The van der Waals surface area contributed by atoms with Gasteiger partial charge in [0.05, 0.1) is 0 Å². The molecular weight excluding hydrogens is 88.9 g/mol. The van der Waals surface area contributed by atoms with Crippen LogP contribution in [0.1, 0.15) is 0 Å². The molecule has 0 bridgehead atoms. The van der Waals surface area contributed by atoms with Crippen LogP contribution in [0.5, 0.6) is 0 Å². The number of rotatable bonds is 0. The third kappa shape index (κ3) is 8.86. The van der Waals surface area contributed by atoms with E-state index in [0.717, 1.165) is 0 Å². The molecule has 1 nitrogen and oxygen atoms in total. The van der Waals surface area contributed by atoms with Gasteiger partial charge in [0.2, 0.25) is 0 Å². The van der Waals surface area contributed by atoms with Crippen LogP contribution >= 0.6 is 0 Å². The highest BCUT2D eigenvalue weighted by Crippen LogP contribution is -0.289. The molecule has 2 N–H and O–H groups in total. The summed E-state index contributed by atoms with van der Waals surface area (Å²) in [5.41, 5.74) is 0. The molecule has 0 unspecified atom stereocenters. The number of hydrogen-bond donors (Lipinski definition) is 0. The van der Waals surface area contributed by atoms with Crippen LogP contribution in [0, 0.1) is 0 Å². The molecule has 4 heteroatoms. The second-order valence-corrected chi connectivity index (χ2v) is 0. The molecule has 0 aliphatic rings. The second kappa shape index (κ2) is 18.7. The minimum Gasteiger partial charge on any atom is -0.412 e. The van der Waals surface area contributed by atoms with Crippen molar-refractivity contribution in [1.29, 1.82) is 0 Å². The van der Waals surface area contributed by atoms with Gasteiger partial charge < -0.3 is 5.48 Å². The molecule has 0 saturated carbocycles. The van der Waals surface area contributed by atoms with Gasteiger partial charge in [0.1, 0.15) is 0 Å². The molecule has 0 atom stereocenters. The van der Waals surface area contributed by atoms with Gasteiger partial charge in [-0.05, 0) is 0 Å². The van der Waals surface area contributed by atoms with E-state index in [4.69, 9.17) is 0 Å². The molecule has 0 saturated heterocycles. The summed E-state index contributed by atoms with van der Waals surface area (Å²) in [7, 11) is 0. The van der Waals surface area contributed by atoms with Crippen molar-refractivity contribution in [3.05, 3.63) is 0 Å². The maximum Gasteiger partial charge on any atom is 0.316 e. The third-order valence-corrected chi connectivity index (χ3v) is 0. The minimum atomic E-state index is 0. The fraction of sp³-hybridized carbons (Fsp3) is 0. The Hall–Kier alpha value is 2.26. The van der Waals surface area contributed by atoms with E-state index >= 15 is 0 Å². The predicted molar refractivity (Wildman–Crippen MR) is 29.2 cm³/mol. The van der Waals surface area contributed by atoms with Crippen molar-refractivity contribution in [2.24, 2.45) is 0 Å². The van der Waals surface area contributed by atoms with Crippen LogP contribution in [0.15, 0.2) is 0 Å². The standard InChI is InChI=1S/3Mg.H2O.6H/h;;;1H2;;;;;;. The lowest BCUT2D eigenvalue weighted by molar-refractivity contribution is 0.824. The smallest absolute Gasteiger partial charge is 0.316 e. The largest absolute Gasteiger partial charge is 0.412 e. The van der Waals surface area contributed by atoms with Gasteiger partial charge in [-0.25, -0.2) is 0 Å². The van der Waals surface area contributed by atoms with Crippen molar-refractivity contribution >= 4 is 69.2 Å². The molecule has 0 fully saturated rings. The lowest BCUT2D eigenvalue weighted by Gasteiger charge is -0.412. The molecule has 0 spiro atoms. The summed E-state index contributed by atoms with van der Waals surface area (Å²) in [6, 6.07) is 0. The van der Waals surface area contributed by atoms with Crippen LogP contribution in [0.4, 0.5) is 0 Å². The van der Waals surface area contributed by atoms with E-state index in [1.54, 1.807) is 0 Å². The monoisotopic (exact) mass is 96.0 g/mol. The molecule has 0 aromatic heterocycles. The normalized spacial score (nSPS) is 0. The summed E-state index contributed by atoms with van der Waals surface area (Å²) in [5, 5.41) is 0. The Morgan fingerprint density at radius 1 is 0.500 bits per heavy atom. The van der Waals surface area contributed by atoms with Crippen LogP contribution in [0.3, 0.4) is 0 Å². The van der Waals surface area contributed by atoms with Crippen LogP contribution in [0.2, 0.25) is 0 Å². The SMILES string of the molecule is O.[MgH2].[MgH2].[MgH2]. The Morgan fingerprint density at radius 3 is 0.500 bits per heavy atom. The Labute approximate surface area is 73.7 Å². The molecule has 0 aliphatic carbocycles. The summed E-state index contributed by atoms with van der Waals surface area (Å²) in [6.45, 7) is 0. The van der Waals surface area contributed by atoms with Gasteiger partial charge in [0.15, 0.2) is 0 Å². The zero-order valence-electron chi connectivity index (χ0n) is 0.500. The minimum absolute atomic E-state index is 0. The zero-order chi connectivity index (χ0) is 0. The van der Waals surface area contributed by atoms with Crippen molar-refractivity contribution in [2.75, 3.05) is 0 Å². The van der Waals surface area contributed by atoms with Crippen LogP contribution < -0.4 is 0 Å². The molecular formula is H8Mg3O. The molecule has 0 aromatic carbocycles. The van der Waals surface area contributed by atoms with E-state index in [-0.39, 0.29) is 74.6 Å². The lowest BCUT2D eigenvalue weighted by Crippen LogP contribution is -0.382. The Kier molecular flexibility index (Phi) is 159. The maximum atomic E-state index is 0. The van der Waals surface area contributed by atoms with Gasteiger partial charge in [-0.1, -0.05) is 0 Å². The molecule has 4 heavy (non-hydrogen) atoms. The first-order valence-corrected chi connectivity index (χ1v) is 0. The van der Waals surface area contributed by atoms with Crippen molar-refractivity contribution in [3.63, 3.8) is 0 Å². The summed E-state index contributed by atoms with van der Waals surface area (Å²) >= 11 is 0. The average Bonchev–Trinajstić information content (AvgIpc) is 0. The lowest BCUT2D eigenvalue weighted by atomic mass is 16.0. The summed E-state index contributed by atoms with van der Waals surface area (Å²) in [4.78, 5) is 0. The van der Waals surface area contributed by atoms with E-state index in [1.807, 2.05) is 0 Å². The van der Waals surface area contributed by atoms with Gasteiger partial charge in [-0.3, -0.25) is 0 Å². The van der Waals surface area contributed by atoms with Crippen molar-refractivity contribution in [3.8, 4) is 0 Å². The number of hydrogen-bond acceptors (Lipinski definition) is 0. The van der Waals surface area contributed by atoms with Crippen molar-refractivity contribution in [2.45, 2.75) is 0 Å². The van der Waals surface area contributed by atoms with Gasteiger partial charge in [0.25, 0.3) is 0 Å². The van der Waals surface area contributed by atoms with E-state index in [9.17, 15) is 0 Å². The Balaban J connectivity index is 0. The third-order valence-electron chi connectivity index (χ3n) is 0. The molecule has 0 aromatic rings. The molecule has 0 heterocycles. The Bertz CT molecular complexity index is 3.25. The summed E-state index contributed by atoms with van der Waals surface area (Å²) in [6.07, 6.45) is 0. The molecule has 0 amide bonds. The highest BCUT2D eigenvalue weighted by molar-refractivity contribution is 5.76. The first-order valence-electron chi connectivity index (χ1n) is 0. The predicted octanol–water partition coefficient (Wildman–Crippen LogP) is -3.57. The Morgan fingerprint density at radius 2 is 0.500 bits per heavy atom. The van der Waals surface area contributed by atoms with Gasteiger partial charge >= 0.3 is 69.2 Å². The first kappa shape index (κ1) is 33.9. The van der Waals surface area contributed by atoms with E-state index in [1.165, 1.54) is 0 Å². The molecule has 0 aliphatic heterocycles. The first-order chi connectivity index (χ1) is 0. The maximum absolute atomic E-state index is 0. The molecule has 20 valence electrons. The summed E-state index contributed by atoms with van der Waals surface area (Å²) < 4.78 is 0. The fourth-order valence-electron chi connectivity index (χ4n) is 0. The zero-order valence-corrected chi connectivity index (χ0v) is 0.500. The average molecular weight is 97.0 g/mol. The van der Waals surface area contributed by atoms with Gasteiger partial charge in [0, 0.05) is 0 Å². The van der Waals surface area contributed by atoms with Crippen LogP contribution in [-0.2, 0) is 0 Å². The van der Waals surface area contributed by atoms with E-state index < -0.39 is 0 Å².